The molecule has 2 rings (SSSR count). The molecule has 31 heavy (non-hydrogen) atoms. The van der Waals surface area contributed by atoms with Crippen molar-refractivity contribution in [2.75, 3.05) is 13.1 Å². The van der Waals surface area contributed by atoms with Crippen molar-refractivity contribution in [1.82, 2.24) is 5.32 Å². The lowest BCUT2D eigenvalue weighted by molar-refractivity contribution is 0.390. The Morgan fingerprint density at radius 1 is 1.16 bits per heavy atom. The van der Waals surface area contributed by atoms with Gasteiger partial charge in [0, 0.05) is 14.4 Å². The standard InChI is InChI=1S/C17H26N2.C11H18O.H2/c1-11-9-15(17(4,5)6)13(3)12(2)14(11)10-16-18-7-8-19-16;1-7-9(11(4,5)6)10(12)8(2)3;/h9H,7-8,10H2,1-6H3,(H,18,19);7,12H,1-2H2,3-6H3;1H/b;10-9-;. The summed E-state index contributed by atoms with van der Waals surface area (Å²) < 4.78 is 0. The molecule has 0 spiro atoms. The molecule has 0 saturated heterocycles. The van der Waals surface area contributed by atoms with Crippen molar-refractivity contribution in [3.63, 3.8) is 0 Å². The molecule has 174 valence electrons. The van der Waals surface area contributed by atoms with E-state index in [2.05, 4.69) is 71.1 Å². The Morgan fingerprint density at radius 2 is 1.74 bits per heavy atom. The first-order valence-corrected chi connectivity index (χ1v) is 11.2. The molecule has 0 fully saturated rings. The Bertz CT molecular complexity index is 893. The molecule has 1 heterocycles. The first kappa shape index (κ1) is 26.7. The number of aliphatic hydroxyl groups is 1. The van der Waals surface area contributed by atoms with Crippen LogP contribution in [0.25, 0.3) is 0 Å². The Labute approximate surface area is 192 Å². The molecule has 3 heteroatoms. The van der Waals surface area contributed by atoms with Crippen molar-refractivity contribution in [3.8, 4) is 0 Å². The van der Waals surface area contributed by atoms with Gasteiger partial charge in [0.2, 0.25) is 0 Å². The Hall–Kier alpha value is -2.29. The maximum Gasteiger partial charge on any atom is 0.121 e. The molecular weight excluding hydrogens is 380 g/mol. The number of nitrogens with one attached hydrogen (secondary N) is 1. The van der Waals surface area contributed by atoms with Gasteiger partial charge in [-0.3, -0.25) is 4.99 Å². The van der Waals surface area contributed by atoms with Crippen LogP contribution in [-0.2, 0) is 11.8 Å². The van der Waals surface area contributed by atoms with Crippen LogP contribution in [0.3, 0.4) is 0 Å². The summed E-state index contributed by atoms with van der Waals surface area (Å²) in [6.07, 6.45) is 2.63. The van der Waals surface area contributed by atoms with Gasteiger partial charge < -0.3 is 10.4 Å². The smallest absolute Gasteiger partial charge is 0.121 e. The average molecular weight is 427 g/mol. The number of nitrogens with zero attached hydrogens (tertiary/aromatic N) is 1. The Morgan fingerprint density at radius 3 is 2.10 bits per heavy atom. The van der Waals surface area contributed by atoms with Crippen LogP contribution >= 0.6 is 0 Å². The normalized spacial score (nSPS) is 14.7. The van der Waals surface area contributed by atoms with E-state index in [-0.39, 0.29) is 18.0 Å². The highest BCUT2D eigenvalue weighted by Gasteiger charge is 2.21. The van der Waals surface area contributed by atoms with Crippen LogP contribution in [-0.4, -0.2) is 24.0 Å². The van der Waals surface area contributed by atoms with Gasteiger partial charge in [-0.1, -0.05) is 66.8 Å². The van der Waals surface area contributed by atoms with Crippen LogP contribution in [0.15, 0.2) is 47.2 Å². The fourth-order valence-corrected chi connectivity index (χ4v) is 3.91. The minimum absolute atomic E-state index is 0. The van der Waals surface area contributed by atoms with Crippen LogP contribution in [0.4, 0.5) is 0 Å². The first-order chi connectivity index (χ1) is 14.1. The van der Waals surface area contributed by atoms with Gasteiger partial charge >= 0.3 is 0 Å². The number of aliphatic imine (C=N–C) groups is 1. The lowest BCUT2D eigenvalue weighted by Crippen LogP contribution is -2.22. The van der Waals surface area contributed by atoms with Crippen LogP contribution < -0.4 is 5.32 Å². The van der Waals surface area contributed by atoms with E-state index in [4.69, 9.17) is 0 Å². The fourth-order valence-electron chi connectivity index (χ4n) is 3.91. The second-order valence-corrected chi connectivity index (χ2v) is 10.6. The van der Waals surface area contributed by atoms with Gasteiger partial charge in [0.25, 0.3) is 0 Å². The molecule has 0 atom stereocenters. The molecule has 1 aliphatic heterocycles. The molecule has 0 aromatic heterocycles. The van der Waals surface area contributed by atoms with Gasteiger partial charge in [0.05, 0.1) is 6.54 Å². The van der Waals surface area contributed by atoms with E-state index < -0.39 is 0 Å². The van der Waals surface area contributed by atoms with Gasteiger partial charge in [0.1, 0.15) is 11.6 Å². The van der Waals surface area contributed by atoms with Crippen molar-refractivity contribution < 1.29 is 6.53 Å². The van der Waals surface area contributed by atoms with E-state index in [1.807, 2.05) is 20.8 Å². The monoisotopic (exact) mass is 426 g/mol. The van der Waals surface area contributed by atoms with E-state index in [9.17, 15) is 5.11 Å². The summed E-state index contributed by atoms with van der Waals surface area (Å²) in [6.45, 7) is 30.7. The van der Waals surface area contributed by atoms with E-state index in [0.717, 1.165) is 30.9 Å². The number of aryl methyl sites for hydroxylation is 1. The maximum absolute atomic E-state index is 9.63. The molecule has 1 aromatic rings. The fraction of sp³-hybridized carbons (Fsp3) is 0.536. The van der Waals surface area contributed by atoms with Crippen molar-refractivity contribution in [1.29, 1.82) is 0 Å². The quantitative estimate of drug-likeness (QED) is 0.392. The van der Waals surface area contributed by atoms with Crippen molar-refractivity contribution in [3.05, 3.63) is 70.0 Å². The van der Waals surface area contributed by atoms with Gasteiger partial charge in [0.15, 0.2) is 0 Å². The van der Waals surface area contributed by atoms with Crippen LogP contribution in [0.1, 0.15) is 77.7 Å². The van der Waals surface area contributed by atoms with E-state index in [1.54, 1.807) is 13.0 Å². The minimum atomic E-state index is -0.0786. The Balaban J connectivity index is 0.000000647. The zero-order chi connectivity index (χ0) is 24.1. The summed E-state index contributed by atoms with van der Waals surface area (Å²) in [5, 5.41) is 13.0. The largest absolute Gasteiger partial charge is 0.507 e. The zero-order valence-corrected chi connectivity index (χ0v) is 21.6. The van der Waals surface area contributed by atoms with Crippen LogP contribution in [0.5, 0.6) is 0 Å². The molecule has 0 amide bonds. The third-order valence-electron chi connectivity index (χ3n) is 5.82. The zero-order valence-electron chi connectivity index (χ0n) is 21.6. The number of aliphatic hydroxyl groups excluding tert-OH is 1. The van der Waals surface area contributed by atoms with Crippen LogP contribution in [0.2, 0.25) is 0 Å². The third-order valence-corrected chi connectivity index (χ3v) is 5.82. The van der Waals surface area contributed by atoms with Gasteiger partial charge in [-0.2, -0.15) is 0 Å². The first-order valence-electron chi connectivity index (χ1n) is 11.2. The van der Waals surface area contributed by atoms with Gasteiger partial charge in [-0.05, 0) is 77.5 Å². The van der Waals surface area contributed by atoms with Crippen molar-refractivity contribution in [2.24, 2.45) is 10.4 Å². The molecule has 3 nitrogen and oxygen atoms in total. The molecule has 0 aliphatic carbocycles. The lowest BCUT2D eigenvalue weighted by Gasteiger charge is -2.26. The third kappa shape index (κ3) is 7.12. The lowest BCUT2D eigenvalue weighted by atomic mass is 9.79. The summed E-state index contributed by atoms with van der Waals surface area (Å²) in [5.41, 5.74) is 8.82. The molecule has 0 saturated carbocycles. The molecule has 0 unspecified atom stereocenters. The molecular formula is C28H46N2O. The summed E-state index contributed by atoms with van der Waals surface area (Å²) in [7, 11) is 0. The highest BCUT2D eigenvalue weighted by Crippen LogP contribution is 2.32. The molecule has 1 aliphatic rings. The van der Waals surface area contributed by atoms with Crippen molar-refractivity contribution >= 4 is 5.84 Å². The van der Waals surface area contributed by atoms with Gasteiger partial charge in [-0.15, -0.1) is 0 Å². The number of hydrogen-bond acceptors (Lipinski definition) is 3. The highest BCUT2D eigenvalue weighted by molar-refractivity contribution is 5.86. The van der Waals surface area contributed by atoms with Gasteiger partial charge in [-0.25, -0.2) is 0 Å². The number of benzene rings is 1. The second kappa shape index (κ2) is 10.3. The summed E-state index contributed by atoms with van der Waals surface area (Å²) in [5.74, 6) is 1.41. The average Bonchev–Trinajstić information content (AvgIpc) is 3.13. The van der Waals surface area contributed by atoms with Crippen molar-refractivity contribution in [2.45, 2.75) is 81.1 Å². The summed E-state index contributed by atoms with van der Waals surface area (Å²) in [6, 6.07) is 2.37. The Kier molecular flexibility index (Phi) is 8.93. The van der Waals surface area contributed by atoms with E-state index in [0.29, 0.717) is 5.57 Å². The van der Waals surface area contributed by atoms with E-state index in [1.165, 1.54) is 27.8 Å². The minimum Gasteiger partial charge on any atom is -0.507 e. The SMILES string of the molecule is C=C/C(=C(/O)C(=C)C)C(C)(C)C.Cc1cc(C(C)(C)C)c(C)c(C)c1CC1=NCCN1.[HH]. The van der Waals surface area contributed by atoms with E-state index >= 15 is 0 Å². The number of amidine groups is 1. The molecule has 1 aromatic carbocycles. The second-order valence-electron chi connectivity index (χ2n) is 10.6. The predicted molar refractivity (Wildman–Crippen MR) is 140 cm³/mol. The molecule has 2 N–H and O–H groups in total. The number of rotatable bonds is 4. The number of hydrogen-bond donors (Lipinski definition) is 2. The predicted octanol–water partition coefficient (Wildman–Crippen LogP) is 7.31. The number of allylic oxidation sites excluding steroid dienone is 3. The topological polar surface area (TPSA) is 44.6 Å². The van der Waals surface area contributed by atoms with Crippen LogP contribution in [0, 0.1) is 26.2 Å². The maximum atomic E-state index is 9.63. The molecule has 0 bridgehead atoms. The molecule has 0 radical (unpaired) electrons. The highest BCUT2D eigenvalue weighted by atomic mass is 16.3. The summed E-state index contributed by atoms with van der Waals surface area (Å²) >= 11 is 0. The summed E-state index contributed by atoms with van der Waals surface area (Å²) in [4.78, 5) is 4.52.